The first-order valence-electron chi connectivity index (χ1n) is 11.0. The summed E-state index contributed by atoms with van der Waals surface area (Å²) in [6.45, 7) is 3.75. The van der Waals surface area contributed by atoms with Crippen LogP contribution in [0.4, 0.5) is 27.5 Å². The number of anilines is 4. The third-order valence-electron chi connectivity index (χ3n) is 4.94. The van der Waals surface area contributed by atoms with E-state index in [1.54, 1.807) is 68.4 Å². The molecule has 3 aromatic rings. The van der Waals surface area contributed by atoms with Gasteiger partial charge in [-0.2, -0.15) is 0 Å². The van der Waals surface area contributed by atoms with Crippen molar-refractivity contribution in [3.05, 3.63) is 78.4 Å². The molecule has 0 aromatic heterocycles. The largest absolute Gasteiger partial charge is 0.334 e. The van der Waals surface area contributed by atoms with Crippen molar-refractivity contribution in [3.8, 4) is 0 Å². The maximum atomic E-state index is 12.7. The van der Waals surface area contributed by atoms with Crippen LogP contribution in [-0.2, 0) is 26.2 Å². The minimum atomic E-state index is -3.89. The fraction of sp³-hybridized carbons (Fsp3) is 0.160. The third-order valence-corrected chi connectivity index (χ3v) is 6.32. The molecule has 5 N–H and O–H groups in total. The molecule has 0 aliphatic carbocycles. The van der Waals surface area contributed by atoms with Crippen molar-refractivity contribution in [1.29, 1.82) is 0 Å². The highest BCUT2D eigenvalue weighted by Gasteiger charge is 2.15. The van der Waals surface area contributed by atoms with Gasteiger partial charge in [-0.15, -0.1) is 0 Å². The number of carbonyl (C=O) groups is 3. The fourth-order valence-electron chi connectivity index (χ4n) is 3.06. The van der Waals surface area contributed by atoms with E-state index in [1.165, 1.54) is 18.2 Å². The van der Waals surface area contributed by atoms with Crippen LogP contribution in [0, 0.1) is 5.92 Å². The summed E-state index contributed by atoms with van der Waals surface area (Å²) < 4.78 is 27.9. The van der Waals surface area contributed by atoms with E-state index in [-0.39, 0.29) is 23.3 Å². The molecular weight excluding hydrogens is 482 g/mol. The second-order valence-corrected chi connectivity index (χ2v) is 9.81. The summed E-state index contributed by atoms with van der Waals surface area (Å²) in [5.41, 5.74) is 2.52. The monoisotopic (exact) mass is 509 g/mol. The number of urea groups is 1. The molecule has 4 amide bonds. The Morgan fingerprint density at radius 1 is 0.833 bits per heavy atom. The van der Waals surface area contributed by atoms with Crippen LogP contribution in [0.25, 0.3) is 0 Å². The van der Waals surface area contributed by atoms with Crippen molar-refractivity contribution in [1.82, 2.24) is 5.32 Å². The maximum Gasteiger partial charge on any atom is 0.319 e. The van der Waals surface area contributed by atoms with Gasteiger partial charge in [-0.25, -0.2) is 13.2 Å². The molecule has 0 radical (unpaired) electrons. The lowest BCUT2D eigenvalue weighted by molar-refractivity contribution is -0.118. The molecule has 10 nitrogen and oxygen atoms in total. The summed E-state index contributed by atoms with van der Waals surface area (Å²) in [5.74, 6) is -0.235. The Labute approximate surface area is 209 Å². The Balaban J connectivity index is 1.56. The van der Waals surface area contributed by atoms with E-state index in [1.807, 2.05) is 0 Å². The van der Waals surface area contributed by atoms with Gasteiger partial charge in [-0.05, 0) is 60.2 Å². The molecular formula is C25H27N5O5S. The molecule has 0 atom stereocenters. The van der Waals surface area contributed by atoms with Crippen molar-refractivity contribution in [2.45, 2.75) is 25.3 Å². The number of carbonyl (C=O) groups excluding carboxylic acids is 3. The van der Waals surface area contributed by atoms with Crippen LogP contribution in [0.5, 0.6) is 0 Å². The van der Waals surface area contributed by atoms with E-state index in [0.29, 0.717) is 34.7 Å². The number of benzene rings is 3. The highest BCUT2D eigenvalue weighted by Crippen LogP contribution is 2.20. The molecule has 3 rings (SSSR count). The first kappa shape index (κ1) is 26.2. The zero-order chi connectivity index (χ0) is 26.1. The van der Waals surface area contributed by atoms with Crippen molar-refractivity contribution >= 4 is 51.1 Å². The van der Waals surface area contributed by atoms with Crippen molar-refractivity contribution in [2.24, 2.45) is 5.92 Å². The van der Waals surface area contributed by atoms with Gasteiger partial charge in [0.05, 0.1) is 4.90 Å². The van der Waals surface area contributed by atoms with E-state index in [0.717, 1.165) is 0 Å². The minimum absolute atomic E-state index is 0.00736. The molecule has 0 fully saturated rings. The van der Waals surface area contributed by atoms with E-state index in [2.05, 4.69) is 26.0 Å². The van der Waals surface area contributed by atoms with Gasteiger partial charge >= 0.3 is 6.03 Å². The van der Waals surface area contributed by atoms with Gasteiger partial charge in [0.2, 0.25) is 12.3 Å². The van der Waals surface area contributed by atoms with E-state index < -0.39 is 16.1 Å². The molecule has 0 aliphatic rings. The van der Waals surface area contributed by atoms with E-state index >= 15 is 0 Å². The second kappa shape index (κ2) is 11.8. The number of hydrogen-bond acceptors (Lipinski definition) is 5. The number of rotatable bonds is 10. The Morgan fingerprint density at radius 3 is 2.14 bits per heavy atom. The molecule has 36 heavy (non-hydrogen) atoms. The van der Waals surface area contributed by atoms with Gasteiger partial charge in [-0.3, -0.25) is 14.3 Å². The first-order valence-corrected chi connectivity index (χ1v) is 12.5. The lowest BCUT2D eigenvalue weighted by Gasteiger charge is -2.12. The van der Waals surface area contributed by atoms with Gasteiger partial charge in [0, 0.05) is 35.2 Å². The lowest BCUT2D eigenvalue weighted by Crippen LogP contribution is -2.28. The molecule has 0 saturated heterocycles. The minimum Gasteiger partial charge on any atom is -0.334 e. The van der Waals surface area contributed by atoms with Crippen LogP contribution in [0.3, 0.4) is 0 Å². The van der Waals surface area contributed by atoms with Crippen LogP contribution >= 0.6 is 0 Å². The van der Waals surface area contributed by atoms with Crippen molar-refractivity contribution in [3.63, 3.8) is 0 Å². The van der Waals surface area contributed by atoms with Crippen LogP contribution in [-0.4, -0.2) is 26.8 Å². The zero-order valence-electron chi connectivity index (χ0n) is 19.7. The van der Waals surface area contributed by atoms with E-state index in [4.69, 9.17) is 0 Å². The Hall–Kier alpha value is -4.38. The van der Waals surface area contributed by atoms with Crippen LogP contribution < -0.4 is 26.0 Å². The number of nitrogens with one attached hydrogen (secondary N) is 5. The van der Waals surface area contributed by atoms with E-state index in [9.17, 15) is 22.8 Å². The smallest absolute Gasteiger partial charge is 0.319 e. The summed E-state index contributed by atoms with van der Waals surface area (Å²) in [6, 6.07) is 18.8. The van der Waals surface area contributed by atoms with Crippen LogP contribution in [0.15, 0.2) is 77.7 Å². The van der Waals surface area contributed by atoms with Crippen LogP contribution in [0.1, 0.15) is 19.4 Å². The summed E-state index contributed by atoms with van der Waals surface area (Å²) >= 11 is 0. The van der Waals surface area contributed by atoms with Gasteiger partial charge in [0.1, 0.15) is 0 Å². The Bertz CT molecular complexity index is 1340. The fourth-order valence-corrected chi connectivity index (χ4v) is 4.16. The molecule has 0 spiro atoms. The number of hydrogen-bond donors (Lipinski definition) is 5. The lowest BCUT2D eigenvalue weighted by atomic mass is 10.2. The predicted molar refractivity (Wildman–Crippen MR) is 139 cm³/mol. The normalized spacial score (nSPS) is 10.9. The third kappa shape index (κ3) is 7.57. The SMILES string of the molecule is CC(C)C(=O)Nc1ccc(NC(=O)NCc2cccc(NS(=O)(=O)c3cccc(NC=O)c3)c2)cc1. The average molecular weight is 510 g/mol. The van der Waals surface area contributed by atoms with Gasteiger partial charge in [-0.1, -0.05) is 32.0 Å². The molecule has 0 heterocycles. The first-order chi connectivity index (χ1) is 17.2. The summed E-state index contributed by atoms with van der Waals surface area (Å²) in [7, 11) is -3.89. The second-order valence-electron chi connectivity index (χ2n) is 8.12. The highest BCUT2D eigenvalue weighted by molar-refractivity contribution is 7.92. The molecule has 0 bridgehead atoms. The molecule has 0 aliphatic heterocycles. The van der Waals surface area contributed by atoms with Crippen molar-refractivity contribution < 1.29 is 22.8 Å². The molecule has 11 heteroatoms. The Kier molecular flexibility index (Phi) is 8.63. The molecule has 188 valence electrons. The number of sulfonamides is 1. The average Bonchev–Trinajstić information content (AvgIpc) is 2.84. The van der Waals surface area contributed by atoms with Crippen molar-refractivity contribution in [2.75, 3.05) is 20.7 Å². The molecule has 0 unspecified atom stereocenters. The highest BCUT2D eigenvalue weighted by atomic mass is 32.2. The van der Waals surface area contributed by atoms with Gasteiger partial charge in [0.25, 0.3) is 10.0 Å². The topological polar surface area (TPSA) is 146 Å². The standard InChI is InChI=1S/C25H27N5O5S/c1-17(2)24(32)28-19-9-11-20(12-10-19)29-25(33)26-15-18-5-3-7-22(13-18)30-36(34,35)23-8-4-6-21(14-23)27-16-31/h3-14,16-17,30H,15H2,1-2H3,(H,27,31)(H,28,32)(H2,26,29,33). The quantitative estimate of drug-likeness (QED) is 0.263. The van der Waals surface area contributed by atoms with Gasteiger partial charge < -0.3 is 21.3 Å². The predicted octanol–water partition coefficient (Wildman–Crippen LogP) is 3.97. The Morgan fingerprint density at radius 2 is 1.47 bits per heavy atom. The van der Waals surface area contributed by atoms with Gasteiger partial charge in [0.15, 0.2) is 0 Å². The zero-order valence-corrected chi connectivity index (χ0v) is 20.6. The summed E-state index contributed by atoms with van der Waals surface area (Å²) in [4.78, 5) is 34.7. The maximum absolute atomic E-state index is 12.7. The van der Waals surface area contributed by atoms with Crippen LogP contribution in [0.2, 0.25) is 0 Å². The summed E-state index contributed by atoms with van der Waals surface area (Å²) in [6.07, 6.45) is 0.466. The number of amides is 4. The molecule has 0 saturated carbocycles. The summed E-state index contributed by atoms with van der Waals surface area (Å²) in [5, 5.41) is 10.6. The molecule has 3 aromatic carbocycles.